The quantitative estimate of drug-likeness (QED) is 0.407. The van der Waals surface area contributed by atoms with Crippen molar-refractivity contribution in [2.45, 2.75) is 50.4 Å². The Bertz CT molecular complexity index is 1020. The van der Waals surface area contributed by atoms with E-state index in [1.54, 1.807) is 35.9 Å². The lowest BCUT2D eigenvalue weighted by Crippen LogP contribution is -2.23. The summed E-state index contributed by atoms with van der Waals surface area (Å²) in [5, 5.41) is 14.9. The molecule has 0 fully saturated rings. The zero-order chi connectivity index (χ0) is 21.5. The molecule has 0 aliphatic heterocycles. The first-order chi connectivity index (χ1) is 14.5. The lowest BCUT2D eigenvalue weighted by Gasteiger charge is -2.12. The molecular formula is C22H25N5O2S. The van der Waals surface area contributed by atoms with Crippen molar-refractivity contribution in [2.24, 2.45) is 0 Å². The SMILES string of the molecule is CCCCc1ccc(-n2nnnc2S[C@@H](C)C(=O)Nc2cccc(C(C)=O)c2)cc1. The first-order valence-corrected chi connectivity index (χ1v) is 10.8. The first-order valence-electron chi connectivity index (χ1n) is 9.94. The molecule has 0 unspecified atom stereocenters. The Kier molecular flexibility index (Phi) is 7.35. The molecule has 1 amide bonds. The fourth-order valence-electron chi connectivity index (χ4n) is 2.87. The third-order valence-electron chi connectivity index (χ3n) is 4.63. The second kappa shape index (κ2) is 10.2. The number of unbranched alkanes of at least 4 members (excludes halogenated alkanes) is 1. The van der Waals surface area contributed by atoms with Gasteiger partial charge in [0.15, 0.2) is 5.78 Å². The molecule has 7 nitrogen and oxygen atoms in total. The Hall–Kier alpha value is -3.00. The van der Waals surface area contributed by atoms with Crippen LogP contribution in [0.15, 0.2) is 53.7 Å². The molecule has 3 rings (SSSR count). The monoisotopic (exact) mass is 423 g/mol. The molecule has 1 heterocycles. The summed E-state index contributed by atoms with van der Waals surface area (Å²) in [6, 6.07) is 15.0. The second-order valence-electron chi connectivity index (χ2n) is 7.03. The van der Waals surface area contributed by atoms with Crippen LogP contribution in [0.3, 0.4) is 0 Å². The maximum atomic E-state index is 12.6. The van der Waals surface area contributed by atoms with Crippen molar-refractivity contribution in [3.05, 3.63) is 59.7 Å². The molecule has 8 heteroatoms. The summed E-state index contributed by atoms with van der Waals surface area (Å²) in [5.41, 5.74) is 3.27. The highest BCUT2D eigenvalue weighted by molar-refractivity contribution is 8.00. The van der Waals surface area contributed by atoms with Gasteiger partial charge >= 0.3 is 0 Å². The van der Waals surface area contributed by atoms with Crippen molar-refractivity contribution >= 4 is 29.1 Å². The number of aryl methyl sites for hydroxylation is 1. The van der Waals surface area contributed by atoms with Gasteiger partial charge in [-0.05, 0) is 66.9 Å². The molecule has 0 radical (unpaired) electrons. The predicted octanol–water partition coefficient (Wildman–Crippen LogP) is 4.33. The van der Waals surface area contributed by atoms with Crippen molar-refractivity contribution in [1.29, 1.82) is 0 Å². The molecule has 0 bridgehead atoms. The van der Waals surface area contributed by atoms with Crippen LogP contribution >= 0.6 is 11.8 Å². The third-order valence-corrected chi connectivity index (χ3v) is 5.66. The minimum atomic E-state index is -0.431. The van der Waals surface area contributed by atoms with E-state index in [1.165, 1.54) is 24.2 Å². The van der Waals surface area contributed by atoms with Crippen molar-refractivity contribution < 1.29 is 9.59 Å². The number of ketones is 1. The van der Waals surface area contributed by atoms with Gasteiger partial charge in [0, 0.05) is 11.3 Å². The molecule has 3 aromatic rings. The van der Waals surface area contributed by atoms with Crippen LogP contribution in [0.5, 0.6) is 0 Å². The fourth-order valence-corrected chi connectivity index (χ4v) is 3.68. The van der Waals surface area contributed by atoms with Gasteiger partial charge in [0.25, 0.3) is 0 Å². The first kappa shape index (κ1) is 21.7. The van der Waals surface area contributed by atoms with Crippen LogP contribution < -0.4 is 5.32 Å². The van der Waals surface area contributed by atoms with Crippen LogP contribution in [-0.2, 0) is 11.2 Å². The van der Waals surface area contributed by atoms with Gasteiger partial charge in [0.2, 0.25) is 11.1 Å². The average molecular weight is 424 g/mol. The summed E-state index contributed by atoms with van der Waals surface area (Å²) >= 11 is 1.28. The minimum Gasteiger partial charge on any atom is -0.325 e. The van der Waals surface area contributed by atoms with Crippen LogP contribution in [0.1, 0.15) is 49.5 Å². The number of hydrogen-bond acceptors (Lipinski definition) is 6. The highest BCUT2D eigenvalue weighted by Crippen LogP contribution is 2.24. The van der Waals surface area contributed by atoms with Crippen LogP contribution in [0.25, 0.3) is 5.69 Å². The molecule has 0 saturated heterocycles. The Labute approximate surface area is 180 Å². The van der Waals surface area contributed by atoms with Crippen LogP contribution in [0, 0.1) is 0 Å². The topological polar surface area (TPSA) is 89.8 Å². The maximum Gasteiger partial charge on any atom is 0.237 e. The minimum absolute atomic E-state index is 0.0478. The number of nitrogens with one attached hydrogen (secondary N) is 1. The number of rotatable bonds is 9. The number of hydrogen-bond donors (Lipinski definition) is 1. The van der Waals surface area contributed by atoms with E-state index < -0.39 is 5.25 Å². The van der Waals surface area contributed by atoms with Gasteiger partial charge in [-0.2, -0.15) is 4.68 Å². The van der Waals surface area contributed by atoms with Crippen molar-refractivity contribution in [3.63, 3.8) is 0 Å². The summed E-state index contributed by atoms with van der Waals surface area (Å²) in [4.78, 5) is 24.2. The molecule has 156 valence electrons. The predicted molar refractivity (Wildman–Crippen MR) is 118 cm³/mol. The Balaban J connectivity index is 1.67. The zero-order valence-electron chi connectivity index (χ0n) is 17.3. The molecule has 0 aliphatic rings. The average Bonchev–Trinajstić information content (AvgIpc) is 3.20. The van der Waals surface area contributed by atoms with E-state index >= 15 is 0 Å². The van der Waals surface area contributed by atoms with Gasteiger partial charge < -0.3 is 5.32 Å². The van der Waals surface area contributed by atoms with Gasteiger partial charge in [0.1, 0.15) is 0 Å². The number of anilines is 1. The third kappa shape index (κ3) is 5.54. The molecule has 0 saturated carbocycles. The number of nitrogens with zero attached hydrogens (tertiary/aromatic N) is 4. The maximum absolute atomic E-state index is 12.6. The van der Waals surface area contributed by atoms with E-state index in [4.69, 9.17) is 0 Å². The lowest BCUT2D eigenvalue weighted by atomic mass is 10.1. The number of carbonyl (C=O) groups excluding carboxylic acids is 2. The number of thioether (sulfide) groups is 1. The van der Waals surface area contributed by atoms with E-state index in [0.29, 0.717) is 16.4 Å². The fraction of sp³-hybridized carbons (Fsp3) is 0.318. The number of carbonyl (C=O) groups is 2. The number of amides is 1. The molecule has 0 spiro atoms. The summed E-state index contributed by atoms with van der Waals surface area (Å²) < 4.78 is 1.63. The number of aromatic nitrogens is 4. The highest BCUT2D eigenvalue weighted by Gasteiger charge is 2.19. The molecule has 30 heavy (non-hydrogen) atoms. The van der Waals surface area contributed by atoms with Gasteiger partial charge in [-0.1, -0.05) is 49.4 Å². The number of benzene rings is 2. The smallest absolute Gasteiger partial charge is 0.237 e. The summed E-state index contributed by atoms with van der Waals surface area (Å²) in [6.07, 6.45) is 3.37. The largest absolute Gasteiger partial charge is 0.325 e. The summed E-state index contributed by atoms with van der Waals surface area (Å²) in [7, 11) is 0. The van der Waals surface area contributed by atoms with Crippen molar-refractivity contribution in [1.82, 2.24) is 20.2 Å². The van der Waals surface area contributed by atoms with E-state index in [-0.39, 0.29) is 11.7 Å². The van der Waals surface area contributed by atoms with Crippen LogP contribution in [0.2, 0.25) is 0 Å². The van der Waals surface area contributed by atoms with Gasteiger partial charge in [-0.15, -0.1) is 5.10 Å². The Morgan fingerprint density at radius 2 is 1.93 bits per heavy atom. The van der Waals surface area contributed by atoms with Crippen molar-refractivity contribution in [3.8, 4) is 5.69 Å². The van der Waals surface area contributed by atoms with Crippen LogP contribution in [0.4, 0.5) is 5.69 Å². The molecule has 1 aromatic heterocycles. The van der Waals surface area contributed by atoms with E-state index in [0.717, 1.165) is 24.9 Å². The molecule has 0 aliphatic carbocycles. The molecular weight excluding hydrogens is 398 g/mol. The summed E-state index contributed by atoms with van der Waals surface area (Å²) in [5.74, 6) is -0.237. The normalized spacial score (nSPS) is 11.8. The van der Waals surface area contributed by atoms with Crippen LogP contribution in [-0.4, -0.2) is 37.1 Å². The van der Waals surface area contributed by atoms with Gasteiger partial charge in [-0.3, -0.25) is 9.59 Å². The van der Waals surface area contributed by atoms with Gasteiger partial charge in [0.05, 0.1) is 10.9 Å². The van der Waals surface area contributed by atoms with Crippen molar-refractivity contribution in [2.75, 3.05) is 5.32 Å². The van der Waals surface area contributed by atoms with E-state index in [9.17, 15) is 9.59 Å². The Morgan fingerprint density at radius 3 is 2.63 bits per heavy atom. The lowest BCUT2D eigenvalue weighted by molar-refractivity contribution is -0.115. The van der Waals surface area contributed by atoms with E-state index in [1.807, 2.05) is 12.1 Å². The number of tetrazole rings is 1. The van der Waals surface area contributed by atoms with Gasteiger partial charge in [-0.25, -0.2) is 0 Å². The highest BCUT2D eigenvalue weighted by atomic mass is 32.2. The van der Waals surface area contributed by atoms with E-state index in [2.05, 4.69) is 39.9 Å². The molecule has 1 atom stereocenters. The summed E-state index contributed by atoms with van der Waals surface area (Å²) in [6.45, 7) is 5.47. The Morgan fingerprint density at radius 1 is 1.17 bits per heavy atom. The molecule has 2 aromatic carbocycles. The second-order valence-corrected chi connectivity index (χ2v) is 8.34. The molecule has 1 N–H and O–H groups in total. The number of Topliss-reactive ketones (excluding diaryl/α,β-unsaturated/α-hetero) is 1. The zero-order valence-corrected chi connectivity index (χ0v) is 18.1. The standard InChI is InChI=1S/C22H25N5O2S/c1-4-5-7-17-10-12-20(13-11-17)27-22(24-25-26-27)30-16(3)21(29)23-19-9-6-8-18(14-19)15(2)28/h6,8-14,16H,4-5,7H2,1-3H3,(H,23,29)/t16-/m0/s1.